The van der Waals surface area contributed by atoms with Gasteiger partial charge in [-0.25, -0.2) is 8.42 Å². The molecular formula is C6H7LiN2O3S. The van der Waals surface area contributed by atoms with Crippen LogP contribution in [-0.2, 0) is 10.1 Å². The molecular weight excluding hydrogens is 187 g/mol. The van der Waals surface area contributed by atoms with E-state index in [2.05, 4.69) is 0 Å². The maximum atomic E-state index is 10.4. The molecule has 0 amide bonds. The van der Waals surface area contributed by atoms with Crippen molar-refractivity contribution < 1.29 is 31.8 Å². The molecule has 5 nitrogen and oxygen atoms in total. The maximum Gasteiger partial charge on any atom is 1.00 e. The smallest absolute Gasteiger partial charge is 0.744 e. The fourth-order valence-corrected chi connectivity index (χ4v) is 1.21. The van der Waals surface area contributed by atoms with E-state index in [4.69, 9.17) is 11.5 Å². The standard InChI is InChI=1S/C6H8N2O3S.Li/c7-5-2-1-4(3-6(5)8)12(9,10)11;/h1-3H,7-8H2,(H,9,10,11);/q;+1/p-1. The molecule has 0 unspecified atom stereocenters. The fourth-order valence-electron chi connectivity index (χ4n) is 0.708. The van der Waals surface area contributed by atoms with E-state index in [1.807, 2.05) is 0 Å². The molecule has 13 heavy (non-hydrogen) atoms. The van der Waals surface area contributed by atoms with Crippen molar-refractivity contribution in [2.45, 2.75) is 4.90 Å². The zero-order valence-electron chi connectivity index (χ0n) is 7.02. The molecule has 0 aromatic heterocycles. The largest absolute Gasteiger partial charge is 1.00 e. The molecule has 0 fully saturated rings. The van der Waals surface area contributed by atoms with Crippen LogP contribution < -0.4 is 30.3 Å². The van der Waals surface area contributed by atoms with Crippen LogP contribution in [-0.4, -0.2) is 13.0 Å². The van der Waals surface area contributed by atoms with Gasteiger partial charge in [-0.15, -0.1) is 0 Å². The topological polar surface area (TPSA) is 109 Å². The Morgan fingerprint density at radius 1 is 1.15 bits per heavy atom. The van der Waals surface area contributed by atoms with Gasteiger partial charge in [-0.3, -0.25) is 0 Å². The maximum absolute atomic E-state index is 10.4. The predicted molar refractivity (Wildman–Crippen MR) is 43.2 cm³/mol. The number of anilines is 2. The van der Waals surface area contributed by atoms with Crippen LogP contribution in [0.3, 0.4) is 0 Å². The van der Waals surface area contributed by atoms with Gasteiger partial charge in [0.15, 0.2) is 0 Å². The molecule has 0 aliphatic heterocycles. The second-order valence-electron chi connectivity index (χ2n) is 2.24. The Kier molecular flexibility index (Phi) is 3.82. The van der Waals surface area contributed by atoms with Crippen molar-refractivity contribution in [3.8, 4) is 0 Å². The molecule has 1 aromatic carbocycles. The Bertz CT molecular complexity index is 404. The van der Waals surface area contributed by atoms with Gasteiger partial charge in [-0.05, 0) is 18.2 Å². The van der Waals surface area contributed by atoms with Gasteiger partial charge < -0.3 is 16.0 Å². The number of nitrogen functional groups attached to an aromatic ring is 2. The van der Waals surface area contributed by atoms with Crippen LogP contribution >= 0.6 is 0 Å². The SMILES string of the molecule is Nc1ccc(S(=O)(=O)[O-])cc1N.[Li+]. The van der Waals surface area contributed by atoms with Crippen molar-refractivity contribution in [2.75, 3.05) is 11.5 Å². The summed E-state index contributed by atoms with van der Waals surface area (Å²) in [6, 6.07) is 3.44. The Hall–Kier alpha value is -0.673. The Balaban J connectivity index is 0.00000144. The number of rotatable bonds is 1. The zero-order valence-corrected chi connectivity index (χ0v) is 7.84. The van der Waals surface area contributed by atoms with E-state index in [1.165, 1.54) is 6.07 Å². The molecule has 0 aliphatic carbocycles. The van der Waals surface area contributed by atoms with Crippen LogP contribution in [0, 0.1) is 0 Å². The molecule has 0 aliphatic rings. The van der Waals surface area contributed by atoms with E-state index in [1.54, 1.807) is 0 Å². The third-order valence-corrected chi connectivity index (χ3v) is 2.18. The number of benzene rings is 1. The molecule has 1 aromatic rings. The summed E-state index contributed by atoms with van der Waals surface area (Å²) in [7, 11) is -4.43. The van der Waals surface area contributed by atoms with Gasteiger partial charge in [0.25, 0.3) is 0 Å². The molecule has 4 N–H and O–H groups in total. The van der Waals surface area contributed by atoms with Crippen LogP contribution in [0.1, 0.15) is 0 Å². The first-order chi connectivity index (χ1) is 5.41. The van der Waals surface area contributed by atoms with Crippen molar-refractivity contribution >= 4 is 21.5 Å². The normalized spacial score (nSPS) is 10.5. The fraction of sp³-hybridized carbons (Fsp3) is 0. The summed E-state index contributed by atoms with van der Waals surface area (Å²) < 4.78 is 31.3. The van der Waals surface area contributed by atoms with Crippen LogP contribution in [0.25, 0.3) is 0 Å². The van der Waals surface area contributed by atoms with Crippen molar-refractivity contribution in [3.63, 3.8) is 0 Å². The summed E-state index contributed by atoms with van der Waals surface area (Å²) in [5.74, 6) is 0. The first-order valence-corrected chi connectivity index (χ1v) is 4.43. The monoisotopic (exact) mass is 194 g/mol. The van der Waals surface area contributed by atoms with Crippen molar-refractivity contribution in [1.82, 2.24) is 0 Å². The molecule has 0 heterocycles. The zero-order chi connectivity index (χ0) is 9.35. The minimum Gasteiger partial charge on any atom is -0.744 e. The summed E-state index contributed by atoms with van der Waals surface area (Å²) in [6.45, 7) is 0. The van der Waals surface area contributed by atoms with Gasteiger partial charge in [0.05, 0.1) is 16.3 Å². The summed E-state index contributed by atoms with van der Waals surface area (Å²) in [5, 5.41) is 0. The Labute approximate surface area is 88.0 Å². The van der Waals surface area contributed by atoms with Crippen LogP contribution in [0.5, 0.6) is 0 Å². The van der Waals surface area contributed by atoms with Gasteiger partial charge in [-0.1, -0.05) is 0 Å². The second kappa shape index (κ2) is 4.02. The Morgan fingerprint density at radius 3 is 2.08 bits per heavy atom. The third kappa shape index (κ3) is 2.93. The number of hydrogen-bond donors (Lipinski definition) is 2. The van der Waals surface area contributed by atoms with E-state index in [9.17, 15) is 13.0 Å². The van der Waals surface area contributed by atoms with Crippen molar-refractivity contribution in [3.05, 3.63) is 18.2 Å². The van der Waals surface area contributed by atoms with Crippen molar-refractivity contribution in [2.24, 2.45) is 0 Å². The number of nitrogens with two attached hydrogens (primary N) is 2. The third-order valence-electron chi connectivity index (χ3n) is 1.35. The van der Waals surface area contributed by atoms with E-state index in [0.29, 0.717) is 0 Å². The molecule has 7 heteroatoms. The van der Waals surface area contributed by atoms with Gasteiger partial charge in [0.2, 0.25) is 0 Å². The van der Waals surface area contributed by atoms with E-state index in [-0.39, 0.29) is 35.1 Å². The molecule has 0 radical (unpaired) electrons. The quantitative estimate of drug-likeness (QED) is 0.277. The molecule has 0 saturated heterocycles. The summed E-state index contributed by atoms with van der Waals surface area (Å²) >= 11 is 0. The average molecular weight is 194 g/mol. The first-order valence-electron chi connectivity index (χ1n) is 3.02. The van der Waals surface area contributed by atoms with Crippen molar-refractivity contribution in [1.29, 1.82) is 0 Å². The van der Waals surface area contributed by atoms with E-state index < -0.39 is 10.1 Å². The van der Waals surface area contributed by atoms with Gasteiger partial charge in [0, 0.05) is 0 Å². The molecule has 0 atom stereocenters. The second-order valence-corrected chi connectivity index (χ2v) is 3.62. The molecule has 1 rings (SSSR count). The van der Waals surface area contributed by atoms with Gasteiger partial charge in [-0.2, -0.15) is 0 Å². The first kappa shape index (κ1) is 12.3. The summed E-state index contributed by atoms with van der Waals surface area (Å²) in [4.78, 5) is -0.366. The van der Waals surface area contributed by atoms with Gasteiger partial charge in [0.1, 0.15) is 10.1 Å². The molecule has 66 valence electrons. The van der Waals surface area contributed by atoms with Gasteiger partial charge >= 0.3 is 18.9 Å². The molecule has 0 bridgehead atoms. The summed E-state index contributed by atoms with van der Waals surface area (Å²) in [5.41, 5.74) is 10.9. The molecule has 0 spiro atoms. The molecule has 0 saturated carbocycles. The summed E-state index contributed by atoms with van der Waals surface area (Å²) in [6.07, 6.45) is 0. The van der Waals surface area contributed by atoms with E-state index >= 15 is 0 Å². The Morgan fingerprint density at radius 2 is 1.69 bits per heavy atom. The number of hydrogen-bond acceptors (Lipinski definition) is 5. The average Bonchev–Trinajstić information content (AvgIpc) is 1.92. The van der Waals surface area contributed by atoms with Crippen LogP contribution in [0.15, 0.2) is 23.1 Å². The predicted octanol–water partition coefficient (Wildman–Crippen LogP) is -3.24. The minimum absolute atomic E-state index is 0. The van der Waals surface area contributed by atoms with Crippen LogP contribution in [0.4, 0.5) is 11.4 Å². The minimum atomic E-state index is -4.43. The van der Waals surface area contributed by atoms with E-state index in [0.717, 1.165) is 12.1 Å². The van der Waals surface area contributed by atoms with Crippen LogP contribution in [0.2, 0.25) is 0 Å².